The van der Waals surface area contributed by atoms with Crippen LogP contribution >= 0.6 is 11.6 Å². The van der Waals surface area contributed by atoms with Gasteiger partial charge in [-0.05, 0) is 90.6 Å². The first kappa shape index (κ1) is 48.1. The lowest BCUT2D eigenvalue weighted by Crippen LogP contribution is -2.53. The Bertz CT molecular complexity index is 2260. The molecule has 0 spiro atoms. The third-order valence-electron chi connectivity index (χ3n) is 9.52. The van der Waals surface area contributed by atoms with E-state index in [4.69, 9.17) is 41.3 Å². The molecule has 2 aromatic heterocycles. The molecule has 0 aliphatic heterocycles. The highest BCUT2D eigenvalue weighted by Gasteiger charge is 2.29. The quantitative estimate of drug-likeness (QED) is 0.0308. The highest BCUT2D eigenvalue weighted by atomic mass is 35.5. The summed E-state index contributed by atoms with van der Waals surface area (Å²) in [5, 5.41) is 7.96. The standard InChI is InChI=1S/C43H58ClN7O10/c1-6-60-37(55)26-51(36(54)25-50-21-18-35(53)49-41(50)56)28(24-47-42(57)61-43(2,3)4)27-59-22-12-8-11-20-46-40-32(44)16-15-30-38(34(52)13-9-7-10-19-45)31-23-29(58-5)14-17-33(31)48-39(30)40/h14-18,21,23,28,46H,6-13,19-20,22,24-27,45H2,1-5H3,(H,47,57)(H,49,53,56). The van der Waals surface area contributed by atoms with Crippen LogP contribution in [0.5, 0.6) is 5.75 Å². The number of pyridine rings is 1. The predicted molar refractivity (Wildman–Crippen MR) is 234 cm³/mol. The Balaban J connectivity index is 1.43. The second kappa shape index (κ2) is 23.5. The zero-order valence-electron chi connectivity index (χ0n) is 35.6. The van der Waals surface area contributed by atoms with Crippen molar-refractivity contribution in [3.63, 3.8) is 0 Å². The van der Waals surface area contributed by atoms with Crippen molar-refractivity contribution in [1.29, 1.82) is 0 Å². The molecule has 18 heteroatoms. The Kier molecular flexibility index (Phi) is 18.5. The van der Waals surface area contributed by atoms with E-state index in [0.717, 1.165) is 42.7 Å². The summed E-state index contributed by atoms with van der Waals surface area (Å²) in [6.07, 6.45) is 5.34. The molecule has 17 nitrogen and oxygen atoms in total. The van der Waals surface area contributed by atoms with Gasteiger partial charge in [0.1, 0.15) is 24.4 Å². The third-order valence-corrected chi connectivity index (χ3v) is 9.83. The number of nitrogens with two attached hydrogens (primary N) is 1. The number of halogens is 1. The number of ketones is 1. The summed E-state index contributed by atoms with van der Waals surface area (Å²) in [4.78, 5) is 84.9. The van der Waals surface area contributed by atoms with Gasteiger partial charge in [0.05, 0.1) is 48.1 Å². The number of amides is 2. The number of carbonyl (C=O) groups excluding carboxylic acids is 4. The van der Waals surface area contributed by atoms with Gasteiger partial charge in [-0.3, -0.25) is 28.7 Å². The van der Waals surface area contributed by atoms with E-state index >= 15 is 0 Å². The zero-order chi connectivity index (χ0) is 44.5. The molecule has 0 saturated carbocycles. The number of aromatic nitrogens is 3. The van der Waals surface area contributed by atoms with Crippen LogP contribution in [-0.4, -0.2) is 108 Å². The maximum Gasteiger partial charge on any atom is 0.407 e. The molecule has 0 aliphatic carbocycles. The maximum absolute atomic E-state index is 13.8. The van der Waals surface area contributed by atoms with Crippen LogP contribution in [0.2, 0.25) is 5.02 Å². The first-order valence-corrected chi connectivity index (χ1v) is 20.9. The molecule has 5 N–H and O–H groups in total. The summed E-state index contributed by atoms with van der Waals surface area (Å²) in [6, 6.07) is 9.31. The SMILES string of the molecule is CCOC(=O)CN(C(=O)Cn1ccc(=O)[nH]c1=O)C(CNC(=O)OC(C)(C)C)COCCCCCNc1c(Cl)ccc2c(C(=O)CCCCCN)c3cc(OC)ccc3nc12. The molecule has 2 amide bonds. The van der Waals surface area contributed by atoms with Gasteiger partial charge in [-0.2, -0.15) is 0 Å². The molecule has 0 fully saturated rings. The largest absolute Gasteiger partial charge is 0.497 e. The molecule has 0 bridgehead atoms. The molecule has 0 saturated heterocycles. The Morgan fingerprint density at radius 2 is 1.77 bits per heavy atom. The van der Waals surface area contributed by atoms with E-state index in [1.165, 1.54) is 11.1 Å². The summed E-state index contributed by atoms with van der Waals surface area (Å²) >= 11 is 6.73. The molecule has 4 rings (SSSR count). The number of nitrogens with one attached hydrogen (secondary N) is 3. The van der Waals surface area contributed by atoms with E-state index in [9.17, 15) is 28.8 Å². The molecule has 2 heterocycles. The van der Waals surface area contributed by atoms with Crippen molar-refractivity contribution in [2.45, 2.75) is 90.8 Å². The summed E-state index contributed by atoms with van der Waals surface area (Å²) in [5.41, 5.74) is 5.90. The van der Waals surface area contributed by atoms with Crippen LogP contribution < -0.4 is 32.4 Å². The van der Waals surface area contributed by atoms with Gasteiger partial charge < -0.3 is 40.2 Å². The van der Waals surface area contributed by atoms with Crippen LogP contribution in [0.4, 0.5) is 10.5 Å². The lowest BCUT2D eigenvalue weighted by molar-refractivity contribution is -0.151. The van der Waals surface area contributed by atoms with Crippen molar-refractivity contribution in [3.8, 4) is 5.75 Å². The number of carbonyl (C=O) groups is 4. The fraction of sp³-hybridized carbons (Fsp3) is 0.512. The summed E-state index contributed by atoms with van der Waals surface area (Å²) in [6.45, 7) is 7.02. The van der Waals surface area contributed by atoms with Crippen molar-refractivity contribution in [3.05, 3.63) is 74.0 Å². The Hall–Kier alpha value is -5.52. The number of hydrogen-bond donors (Lipinski definition) is 4. The van der Waals surface area contributed by atoms with Crippen LogP contribution in [-0.2, 0) is 30.3 Å². The maximum atomic E-state index is 13.8. The minimum Gasteiger partial charge on any atom is -0.497 e. The number of anilines is 1. The summed E-state index contributed by atoms with van der Waals surface area (Å²) in [5.74, 6) is -0.716. The van der Waals surface area contributed by atoms with Crippen LogP contribution in [0.1, 0.15) is 83.0 Å². The van der Waals surface area contributed by atoms with Crippen molar-refractivity contribution in [2.75, 3.05) is 58.4 Å². The number of nitrogens with zero attached hydrogens (tertiary/aromatic N) is 3. The number of methoxy groups -OCH3 is 1. The van der Waals surface area contributed by atoms with Crippen molar-refractivity contribution in [1.82, 2.24) is 24.8 Å². The lowest BCUT2D eigenvalue weighted by Gasteiger charge is -2.31. The van der Waals surface area contributed by atoms with Crippen molar-refractivity contribution < 1.29 is 38.1 Å². The number of fused-ring (bicyclic) bond motifs is 2. The van der Waals surface area contributed by atoms with E-state index < -0.39 is 54.0 Å². The third kappa shape index (κ3) is 14.6. The lowest BCUT2D eigenvalue weighted by atomic mass is 9.95. The Labute approximate surface area is 359 Å². The molecule has 0 radical (unpaired) electrons. The number of unbranched alkanes of at least 4 members (excludes halogenated alkanes) is 4. The van der Waals surface area contributed by atoms with Crippen LogP contribution in [0, 0.1) is 0 Å². The molecule has 4 aromatic rings. The predicted octanol–water partition coefficient (Wildman–Crippen LogP) is 5.19. The van der Waals surface area contributed by atoms with E-state index in [0.29, 0.717) is 69.8 Å². The number of rotatable bonds is 24. The monoisotopic (exact) mass is 867 g/mol. The highest BCUT2D eigenvalue weighted by molar-refractivity contribution is 6.35. The van der Waals surface area contributed by atoms with E-state index in [1.807, 2.05) is 24.3 Å². The van der Waals surface area contributed by atoms with E-state index in [-0.39, 0.29) is 32.1 Å². The molecule has 2 aromatic carbocycles. The number of benzene rings is 2. The van der Waals surface area contributed by atoms with Gasteiger partial charge in [0.25, 0.3) is 5.56 Å². The molecule has 332 valence electrons. The van der Waals surface area contributed by atoms with Gasteiger partial charge >= 0.3 is 17.8 Å². The van der Waals surface area contributed by atoms with E-state index in [2.05, 4.69) is 15.6 Å². The van der Waals surface area contributed by atoms with E-state index in [1.54, 1.807) is 40.9 Å². The Morgan fingerprint density at radius 1 is 1.00 bits per heavy atom. The molecular weight excluding hydrogens is 810 g/mol. The fourth-order valence-corrected chi connectivity index (χ4v) is 6.79. The van der Waals surface area contributed by atoms with Gasteiger partial charge in [0, 0.05) is 54.7 Å². The minimum atomic E-state index is -0.870. The number of hydrogen-bond acceptors (Lipinski definition) is 13. The summed E-state index contributed by atoms with van der Waals surface area (Å²) in [7, 11) is 1.58. The van der Waals surface area contributed by atoms with Gasteiger partial charge in [-0.1, -0.05) is 24.1 Å². The average Bonchev–Trinajstić information content (AvgIpc) is 3.20. The Morgan fingerprint density at radius 3 is 2.48 bits per heavy atom. The van der Waals surface area contributed by atoms with Crippen molar-refractivity contribution in [2.24, 2.45) is 5.73 Å². The first-order valence-electron chi connectivity index (χ1n) is 20.5. The van der Waals surface area contributed by atoms with Crippen LogP contribution in [0.3, 0.4) is 0 Å². The van der Waals surface area contributed by atoms with Crippen LogP contribution in [0.25, 0.3) is 21.8 Å². The van der Waals surface area contributed by atoms with Gasteiger partial charge in [-0.25, -0.2) is 14.6 Å². The number of H-pyrrole nitrogens is 1. The average molecular weight is 868 g/mol. The summed E-state index contributed by atoms with van der Waals surface area (Å²) < 4.78 is 23.0. The zero-order valence-corrected chi connectivity index (χ0v) is 36.4. The van der Waals surface area contributed by atoms with Crippen molar-refractivity contribution >= 4 is 62.8 Å². The molecule has 61 heavy (non-hydrogen) atoms. The van der Waals surface area contributed by atoms with Gasteiger partial charge in [0.2, 0.25) is 5.91 Å². The first-order chi connectivity index (χ1) is 29.1. The van der Waals surface area contributed by atoms with Gasteiger partial charge in [0.15, 0.2) is 5.78 Å². The number of aromatic amines is 1. The molecule has 0 aliphatic rings. The number of ether oxygens (including phenoxy) is 4. The number of Topliss-reactive ketones (excluding diaryl/α,β-unsaturated/α-hetero) is 1. The number of alkyl carbamates (subject to hydrolysis) is 1. The van der Waals surface area contributed by atoms with Crippen LogP contribution in [0.15, 0.2) is 52.2 Å². The smallest absolute Gasteiger partial charge is 0.407 e. The molecule has 1 unspecified atom stereocenters. The second-order valence-electron chi connectivity index (χ2n) is 15.4. The van der Waals surface area contributed by atoms with Gasteiger partial charge in [-0.15, -0.1) is 0 Å². The second-order valence-corrected chi connectivity index (χ2v) is 15.8. The molecule has 1 atom stereocenters. The number of esters is 1. The fourth-order valence-electron chi connectivity index (χ4n) is 6.58. The highest BCUT2D eigenvalue weighted by Crippen LogP contribution is 2.37. The normalized spacial score (nSPS) is 11.9. The topological polar surface area (TPSA) is 226 Å². The molecular formula is C43H58ClN7O10. The minimum absolute atomic E-state index is 0.0106.